The first-order chi connectivity index (χ1) is 8.78. The molecule has 0 aromatic heterocycles. The molecule has 2 aliphatic rings. The molecule has 1 saturated heterocycles. The summed E-state index contributed by atoms with van der Waals surface area (Å²) < 4.78 is 11.2. The molecule has 1 fully saturated rings. The highest BCUT2D eigenvalue weighted by Crippen LogP contribution is 2.48. The van der Waals surface area contributed by atoms with Gasteiger partial charge >= 0.3 is 0 Å². The van der Waals surface area contributed by atoms with Crippen LogP contribution in [0.5, 0.6) is 5.75 Å². The summed E-state index contributed by atoms with van der Waals surface area (Å²) >= 11 is 6.28. The van der Waals surface area contributed by atoms with Crippen LogP contribution in [-0.4, -0.2) is 12.4 Å². The fraction of sp³-hybridized carbons (Fsp3) is 0.286. The molecular formula is C14H14O2S2. The monoisotopic (exact) mass is 278 g/mol. The van der Waals surface area contributed by atoms with Gasteiger partial charge in [-0.05, 0) is 24.6 Å². The second kappa shape index (κ2) is 4.94. The van der Waals surface area contributed by atoms with Crippen molar-refractivity contribution in [1.82, 2.24) is 0 Å². The molecule has 2 unspecified atom stereocenters. The summed E-state index contributed by atoms with van der Waals surface area (Å²) in [6.45, 7) is 0. The Labute approximate surface area is 116 Å². The quantitative estimate of drug-likeness (QED) is 0.826. The molecular weight excluding hydrogens is 264 g/mol. The van der Waals surface area contributed by atoms with Crippen molar-refractivity contribution >= 4 is 24.4 Å². The fourth-order valence-corrected chi connectivity index (χ4v) is 3.70. The number of rotatable bonds is 2. The van der Waals surface area contributed by atoms with Crippen molar-refractivity contribution in [1.29, 1.82) is 0 Å². The molecule has 1 aromatic rings. The summed E-state index contributed by atoms with van der Waals surface area (Å²) in [6.07, 6.45) is 7.36. The van der Waals surface area contributed by atoms with E-state index in [9.17, 15) is 0 Å². The third kappa shape index (κ3) is 2.15. The minimum Gasteiger partial charge on any atom is -0.496 e. The van der Waals surface area contributed by atoms with E-state index >= 15 is 0 Å². The van der Waals surface area contributed by atoms with E-state index in [1.54, 1.807) is 7.11 Å². The predicted octanol–water partition coefficient (Wildman–Crippen LogP) is 3.96. The standard InChI is InChI=1S/C14H14O2S2/c1-15-10-7-6-9(8-12(10)17)14-16-11-4-2-3-5-13(11)18-14/h2-4,6-8,13-14,17H,5H2,1H3. The van der Waals surface area contributed by atoms with Crippen LogP contribution in [0.4, 0.5) is 0 Å². The third-order valence-electron chi connectivity index (χ3n) is 3.07. The average Bonchev–Trinajstić information content (AvgIpc) is 2.82. The van der Waals surface area contributed by atoms with E-state index in [0.717, 1.165) is 28.4 Å². The first-order valence-electron chi connectivity index (χ1n) is 5.83. The molecule has 4 heteroatoms. The van der Waals surface area contributed by atoms with Crippen LogP contribution in [0.1, 0.15) is 17.4 Å². The normalized spacial score (nSPS) is 25.3. The molecule has 0 spiro atoms. The van der Waals surface area contributed by atoms with Crippen molar-refractivity contribution in [2.45, 2.75) is 22.0 Å². The second-order valence-electron chi connectivity index (χ2n) is 4.24. The predicted molar refractivity (Wildman–Crippen MR) is 77.3 cm³/mol. The topological polar surface area (TPSA) is 18.5 Å². The Morgan fingerprint density at radius 3 is 3.06 bits per heavy atom. The summed E-state index contributed by atoms with van der Waals surface area (Å²) in [7, 11) is 1.65. The molecule has 1 heterocycles. The summed E-state index contributed by atoms with van der Waals surface area (Å²) in [6, 6.07) is 6.00. The van der Waals surface area contributed by atoms with Gasteiger partial charge in [0.25, 0.3) is 0 Å². The lowest BCUT2D eigenvalue weighted by molar-refractivity contribution is 0.200. The van der Waals surface area contributed by atoms with Crippen molar-refractivity contribution in [3.63, 3.8) is 0 Å². The molecule has 2 atom stereocenters. The number of hydrogen-bond acceptors (Lipinski definition) is 4. The number of benzene rings is 1. The minimum absolute atomic E-state index is 0.0676. The van der Waals surface area contributed by atoms with Gasteiger partial charge in [0.2, 0.25) is 0 Å². The van der Waals surface area contributed by atoms with Crippen LogP contribution in [0.3, 0.4) is 0 Å². The van der Waals surface area contributed by atoms with Gasteiger partial charge in [-0.1, -0.05) is 18.2 Å². The number of allylic oxidation sites excluding steroid dienone is 3. The van der Waals surface area contributed by atoms with Crippen LogP contribution in [0.15, 0.2) is 47.1 Å². The van der Waals surface area contributed by atoms with Crippen molar-refractivity contribution in [3.05, 3.63) is 47.7 Å². The number of hydrogen-bond donors (Lipinski definition) is 1. The van der Waals surface area contributed by atoms with Gasteiger partial charge in [-0.25, -0.2) is 0 Å². The van der Waals surface area contributed by atoms with Crippen molar-refractivity contribution in [2.24, 2.45) is 0 Å². The average molecular weight is 278 g/mol. The first kappa shape index (κ1) is 12.1. The number of thioether (sulfide) groups is 1. The third-order valence-corrected chi connectivity index (χ3v) is 4.79. The van der Waals surface area contributed by atoms with Crippen LogP contribution in [0, 0.1) is 0 Å². The molecule has 3 rings (SSSR count). The van der Waals surface area contributed by atoms with E-state index in [2.05, 4.69) is 30.9 Å². The van der Waals surface area contributed by atoms with Crippen LogP contribution in [0.25, 0.3) is 0 Å². The van der Waals surface area contributed by atoms with E-state index < -0.39 is 0 Å². The molecule has 18 heavy (non-hydrogen) atoms. The molecule has 94 valence electrons. The number of thiol groups is 1. The van der Waals surface area contributed by atoms with E-state index in [1.165, 1.54) is 0 Å². The molecule has 0 bridgehead atoms. The van der Waals surface area contributed by atoms with E-state index in [4.69, 9.17) is 9.47 Å². The van der Waals surface area contributed by atoms with E-state index in [0.29, 0.717) is 5.25 Å². The zero-order valence-electron chi connectivity index (χ0n) is 10.00. The van der Waals surface area contributed by atoms with Gasteiger partial charge in [-0.15, -0.1) is 24.4 Å². The van der Waals surface area contributed by atoms with Crippen LogP contribution in [0.2, 0.25) is 0 Å². The second-order valence-corrected chi connectivity index (χ2v) is 5.99. The molecule has 0 radical (unpaired) electrons. The lowest BCUT2D eigenvalue weighted by Crippen LogP contribution is -2.01. The summed E-state index contributed by atoms with van der Waals surface area (Å²) in [5.74, 6) is 1.88. The number of ether oxygens (including phenoxy) is 2. The van der Waals surface area contributed by atoms with E-state index in [-0.39, 0.29) is 5.44 Å². The smallest absolute Gasteiger partial charge is 0.170 e. The van der Waals surface area contributed by atoms with Gasteiger partial charge in [-0.3, -0.25) is 0 Å². The van der Waals surface area contributed by atoms with E-state index in [1.807, 2.05) is 30.0 Å². The Morgan fingerprint density at radius 1 is 1.44 bits per heavy atom. The zero-order chi connectivity index (χ0) is 12.5. The summed E-state index contributed by atoms with van der Waals surface area (Å²) in [4.78, 5) is 0.848. The highest BCUT2D eigenvalue weighted by molar-refractivity contribution is 8.00. The van der Waals surface area contributed by atoms with Gasteiger partial charge in [0.15, 0.2) is 5.44 Å². The van der Waals surface area contributed by atoms with Crippen molar-refractivity contribution in [2.75, 3.05) is 7.11 Å². The van der Waals surface area contributed by atoms with Gasteiger partial charge in [-0.2, -0.15) is 0 Å². The zero-order valence-corrected chi connectivity index (χ0v) is 11.7. The van der Waals surface area contributed by atoms with Crippen molar-refractivity contribution < 1.29 is 9.47 Å². The molecule has 0 amide bonds. The maximum Gasteiger partial charge on any atom is 0.170 e. The van der Waals surface area contributed by atoms with Crippen LogP contribution >= 0.6 is 24.4 Å². The highest BCUT2D eigenvalue weighted by atomic mass is 32.2. The Bertz CT molecular complexity index is 523. The lowest BCUT2D eigenvalue weighted by Gasteiger charge is -2.12. The van der Waals surface area contributed by atoms with Gasteiger partial charge in [0.1, 0.15) is 11.5 Å². The van der Waals surface area contributed by atoms with Crippen molar-refractivity contribution in [3.8, 4) is 5.75 Å². The first-order valence-corrected chi connectivity index (χ1v) is 7.22. The van der Waals surface area contributed by atoms with Gasteiger partial charge in [0, 0.05) is 10.5 Å². The van der Waals surface area contributed by atoms with Crippen LogP contribution in [-0.2, 0) is 4.74 Å². The molecule has 0 saturated carbocycles. The molecule has 2 nitrogen and oxygen atoms in total. The fourth-order valence-electron chi connectivity index (χ4n) is 2.13. The molecule has 1 aliphatic carbocycles. The molecule has 1 aromatic carbocycles. The Balaban J connectivity index is 1.83. The summed E-state index contributed by atoms with van der Waals surface area (Å²) in [5, 5.41) is 0.463. The highest BCUT2D eigenvalue weighted by Gasteiger charge is 2.32. The minimum atomic E-state index is 0.0676. The molecule has 1 aliphatic heterocycles. The largest absolute Gasteiger partial charge is 0.496 e. The maximum atomic E-state index is 5.98. The summed E-state index contributed by atoms with van der Waals surface area (Å²) in [5.41, 5.74) is 1.21. The molecule has 0 N–H and O–H groups in total. The number of methoxy groups -OCH3 is 1. The Kier molecular flexibility index (Phi) is 3.31. The maximum absolute atomic E-state index is 5.98. The van der Waals surface area contributed by atoms with Crippen LogP contribution < -0.4 is 4.74 Å². The van der Waals surface area contributed by atoms with Gasteiger partial charge in [0.05, 0.1) is 12.4 Å². The Morgan fingerprint density at radius 2 is 2.33 bits per heavy atom. The number of fused-ring (bicyclic) bond motifs is 1. The van der Waals surface area contributed by atoms with Gasteiger partial charge < -0.3 is 9.47 Å². The Hall–Kier alpha value is -1.000. The lowest BCUT2D eigenvalue weighted by atomic mass is 10.1. The SMILES string of the molecule is COc1ccc(C2OC3=CC=CCC3S2)cc1S.